The average Bonchev–Trinajstić information content (AvgIpc) is 2.88. The number of aryl methyl sites for hydroxylation is 1. The number of imidazole rings is 1. The van der Waals surface area contributed by atoms with Gasteiger partial charge in [-0.05, 0) is 5.92 Å². The molecule has 138 valence electrons. The van der Waals surface area contributed by atoms with Gasteiger partial charge in [-0.3, -0.25) is 4.79 Å². The van der Waals surface area contributed by atoms with Crippen molar-refractivity contribution in [2.75, 3.05) is 19.8 Å². The second kappa shape index (κ2) is 8.48. The third kappa shape index (κ3) is 5.48. The minimum atomic E-state index is -4.91. The summed E-state index contributed by atoms with van der Waals surface area (Å²) in [5.41, 5.74) is -3.12. The molecule has 1 heterocycles. The maximum atomic E-state index is 13.3. The Bertz CT molecular complexity index is 532. The highest BCUT2D eigenvalue weighted by atomic mass is 19.4. The van der Waals surface area contributed by atoms with Gasteiger partial charge in [0.2, 0.25) is 11.5 Å². The van der Waals surface area contributed by atoms with Crippen molar-refractivity contribution < 1.29 is 27.8 Å². The number of nitrogens with zero attached hydrogens (tertiary/aromatic N) is 2. The molecule has 1 unspecified atom stereocenters. The molecule has 1 amide bonds. The molecule has 6 nitrogen and oxygen atoms in total. The topological polar surface area (TPSA) is 76.4 Å². The van der Waals surface area contributed by atoms with Gasteiger partial charge in [0.05, 0.1) is 6.61 Å². The van der Waals surface area contributed by atoms with Gasteiger partial charge in [0.15, 0.2) is 0 Å². The van der Waals surface area contributed by atoms with Crippen LogP contribution in [0.2, 0.25) is 0 Å². The van der Waals surface area contributed by atoms with E-state index in [4.69, 9.17) is 4.74 Å². The van der Waals surface area contributed by atoms with Crippen LogP contribution >= 0.6 is 0 Å². The molecule has 0 aliphatic heterocycles. The van der Waals surface area contributed by atoms with E-state index in [9.17, 15) is 23.1 Å². The fraction of sp³-hybridized carbons (Fsp3) is 0.733. The molecule has 1 atom stereocenters. The molecule has 0 saturated heterocycles. The second-order valence-corrected chi connectivity index (χ2v) is 6.04. The third-order valence-electron chi connectivity index (χ3n) is 3.39. The monoisotopic (exact) mass is 351 g/mol. The van der Waals surface area contributed by atoms with E-state index in [1.807, 2.05) is 13.8 Å². The Kier molecular flexibility index (Phi) is 7.22. The second-order valence-electron chi connectivity index (χ2n) is 6.04. The van der Waals surface area contributed by atoms with Crippen LogP contribution in [0.4, 0.5) is 13.2 Å². The summed E-state index contributed by atoms with van der Waals surface area (Å²) >= 11 is 0. The predicted molar refractivity (Wildman–Crippen MR) is 81.1 cm³/mol. The number of hydrogen-bond acceptors (Lipinski definition) is 4. The van der Waals surface area contributed by atoms with E-state index in [-0.39, 0.29) is 19.6 Å². The van der Waals surface area contributed by atoms with Crippen molar-refractivity contribution in [3.8, 4) is 0 Å². The Labute approximate surface area is 139 Å². The molecule has 1 aromatic heterocycles. The summed E-state index contributed by atoms with van der Waals surface area (Å²) in [7, 11) is 1.36. The molecule has 9 heteroatoms. The highest BCUT2D eigenvalue weighted by Crippen LogP contribution is 2.40. The Morgan fingerprint density at radius 2 is 2.12 bits per heavy atom. The quantitative estimate of drug-likeness (QED) is 0.665. The van der Waals surface area contributed by atoms with Crippen molar-refractivity contribution in [3.05, 3.63) is 18.2 Å². The zero-order valence-electron chi connectivity index (χ0n) is 14.1. The van der Waals surface area contributed by atoms with Crippen molar-refractivity contribution in [1.82, 2.24) is 14.9 Å². The normalized spacial score (nSPS) is 14.7. The summed E-state index contributed by atoms with van der Waals surface area (Å²) in [6.45, 7) is 4.32. The summed E-state index contributed by atoms with van der Waals surface area (Å²) in [4.78, 5) is 15.2. The van der Waals surface area contributed by atoms with Crippen LogP contribution in [-0.4, -0.2) is 46.5 Å². The van der Waals surface area contributed by atoms with Crippen LogP contribution < -0.4 is 5.32 Å². The molecular formula is C15H24F3N3O3. The van der Waals surface area contributed by atoms with Crippen LogP contribution in [0.5, 0.6) is 0 Å². The first-order valence-electron chi connectivity index (χ1n) is 7.69. The van der Waals surface area contributed by atoms with Crippen molar-refractivity contribution in [2.24, 2.45) is 13.0 Å². The molecule has 0 spiro atoms. The Hall–Kier alpha value is -1.61. The first-order chi connectivity index (χ1) is 11.1. The van der Waals surface area contributed by atoms with Crippen molar-refractivity contribution in [3.63, 3.8) is 0 Å². The van der Waals surface area contributed by atoms with E-state index in [1.165, 1.54) is 19.4 Å². The number of hydrogen-bond donors (Lipinski definition) is 2. The van der Waals surface area contributed by atoms with Crippen LogP contribution in [0.3, 0.4) is 0 Å². The van der Waals surface area contributed by atoms with Crippen LogP contribution in [0.15, 0.2) is 12.4 Å². The summed E-state index contributed by atoms with van der Waals surface area (Å²) in [5, 5.41) is 12.5. The summed E-state index contributed by atoms with van der Waals surface area (Å²) in [5.74, 6) is -0.597. The highest BCUT2D eigenvalue weighted by molar-refractivity contribution is 5.75. The van der Waals surface area contributed by atoms with Gasteiger partial charge in [-0.15, -0.1) is 0 Å². The molecule has 1 rings (SSSR count). The van der Waals surface area contributed by atoms with E-state index < -0.39 is 29.9 Å². The predicted octanol–water partition coefficient (Wildman–Crippen LogP) is 1.74. The van der Waals surface area contributed by atoms with Crippen LogP contribution in [0.25, 0.3) is 0 Å². The Balaban J connectivity index is 2.53. The van der Waals surface area contributed by atoms with E-state index in [2.05, 4.69) is 10.3 Å². The summed E-state index contributed by atoms with van der Waals surface area (Å²) < 4.78 is 46.1. The van der Waals surface area contributed by atoms with Crippen molar-refractivity contribution >= 4 is 5.91 Å². The largest absolute Gasteiger partial charge is 0.424 e. The Morgan fingerprint density at radius 1 is 1.46 bits per heavy atom. The molecule has 0 fully saturated rings. The van der Waals surface area contributed by atoms with Crippen LogP contribution in [0, 0.1) is 5.92 Å². The number of carbonyl (C=O) groups excluding carboxylic acids is 1. The third-order valence-corrected chi connectivity index (χ3v) is 3.39. The number of amides is 1. The molecule has 24 heavy (non-hydrogen) atoms. The van der Waals surface area contributed by atoms with Gasteiger partial charge in [0.25, 0.3) is 0 Å². The number of carbonyl (C=O) groups is 1. The van der Waals surface area contributed by atoms with Gasteiger partial charge >= 0.3 is 6.18 Å². The molecule has 1 aromatic rings. The molecule has 0 aromatic carbocycles. The highest BCUT2D eigenvalue weighted by Gasteiger charge is 2.57. The fourth-order valence-electron chi connectivity index (χ4n) is 2.10. The maximum absolute atomic E-state index is 13.3. The van der Waals surface area contributed by atoms with Crippen molar-refractivity contribution in [1.29, 1.82) is 0 Å². The molecule has 0 saturated carbocycles. The number of halogens is 3. The average molecular weight is 351 g/mol. The van der Waals surface area contributed by atoms with Gasteiger partial charge in [0.1, 0.15) is 5.82 Å². The van der Waals surface area contributed by atoms with E-state index >= 15 is 0 Å². The number of aromatic nitrogens is 2. The van der Waals surface area contributed by atoms with E-state index in [0.29, 0.717) is 12.5 Å². The number of aliphatic hydroxyl groups is 1. The van der Waals surface area contributed by atoms with Gasteiger partial charge in [-0.25, -0.2) is 4.98 Å². The number of alkyl halides is 3. The fourth-order valence-corrected chi connectivity index (χ4v) is 2.10. The molecule has 2 N–H and O–H groups in total. The standard InChI is InChI=1S/C15H24F3N3O3/c1-11(2)10-24-9-4-12(22)19-6-5-14(23,15(16,17)18)13-20-7-8-21(13)3/h7-8,11,23H,4-6,9-10H2,1-3H3,(H,19,22). The molecule has 0 bridgehead atoms. The minimum Gasteiger partial charge on any atom is -0.381 e. The molecule has 0 aliphatic rings. The minimum absolute atomic E-state index is 0.0551. The van der Waals surface area contributed by atoms with Crippen molar-refractivity contribution in [2.45, 2.75) is 38.5 Å². The zero-order chi connectivity index (χ0) is 18.4. The lowest BCUT2D eigenvalue weighted by Gasteiger charge is -2.29. The number of ether oxygens (including phenoxy) is 1. The van der Waals surface area contributed by atoms with E-state index in [0.717, 1.165) is 4.57 Å². The Morgan fingerprint density at radius 3 is 2.62 bits per heavy atom. The SMILES string of the molecule is CC(C)COCCC(=O)NCCC(O)(c1nccn1C)C(F)(F)F. The summed E-state index contributed by atoms with van der Waals surface area (Å²) in [6, 6.07) is 0. The molecule has 0 radical (unpaired) electrons. The number of rotatable bonds is 9. The van der Waals surface area contributed by atoms with Gasteiger partial charge in [-0.1, -0.05) is 13.8 Å². The molecule has 0 aliphatic carbocycles. The molecular weight excluding hydrogens is 327 g/mol. The lowest BCUT2D eigenvalue weighted by atomic mass is 9.97. The van der Waals surface area contributed by atoms with Crippen LogP contribution in [-0.2, 0) is 22.2 Å². The first-order valence-corrected chi connectivity index (χ1v) is 7.69. The lowest BCUT2D eigenvalue weighted by Crippen LogP contribution is -2.46. The van der Waals surface area contributed by atoms with E-state index in [1.54, 1.807) is 0 Å². The van der Waals surface area contributed by atoms with Gasteiger partial charge in [0, 0.05) is 45.4 Å². The lowest BCUT2D eigenvalue weighted by molar-refractivity contribution is -0.272. The maximum Gasteiger partial charge on any atom is 0.424 e. The van der Waals surface area contributed by atoms with Gasteiger partial charge in [-0.2, -0.15) is 13.2 Å². The zero-order valence-corrected chi connectivity index (χ0v) is 14.1. The first kappa shape index (κ1) is 20.4. The smallest absolute Gasteiger partial charge is 0.381 e. The van der Waals surface area contributed by atoms with Crippen LogP contribution in [0.1, 0.15) is 32.5 Å². The van der Waals surface area contributed by atoms with Gasteiger partial charge < -0.3 is 19.7 Å². The summed E-state index contributed by atoms with van der Waals surface area (Å²) in [6.07, 6.45) is -3.08. The number of nitrogens with one attached hydrogen (secondary N) is 1.